The van der Waals surface area contributed by atoms with Gasteiger partial charge in [0.1, 0.15) is 5.75 Å². The summed E-state index contributed by atoms with van der Waals surface area (Å²) in [6.07, 6.45) is 4.03. The Morgan fingerprint density at radius 1 is 1.10 bits per heavy atom. The quantitative estimate of drug-likeness (QED) is 0.137. The summed E-state index contributed by atoms with van der Waals surface area (Å²) < 4.78 is 15.0. The number of esters is 1. The van der Waals surface area contributed by atoms with Crippen LogP contribution >= 0.6 is 27.5 Å². The van der Waals surface area contributed by atoms with Gasteiger partial charge in [-0.1, -0.05) is 49.2 Å². The maximum atomic E-state index is 13.7. The van der Waals surface area contributed by atoms with E-state index in [1.165, 1.54) is 0 Å². The molecule has 0 fully saturated rings. The normalized spacial score (nSPS) is 11.8. The maximum absolute atomic E-state index is 13.7. The number of pyridine rings is 1. The van der Waals surface area contributed by atoms with Crippen LogP contribution in [0.4, 0.5) is 0 Å². The smallest absolute Gasteiger partial charge is 0.356 e. The van der Waals surface area contributed by atoms with Crippen molar-refractivity contribution in [3.63, 3.8) is 0 Å². The summed E-state index contributed by atoms with van der Waals surface area (Å²) in [4.78, 5) is 30.9. The SMILES string of the molecule is CCCCOC(=O)c1c(C(Cc2cc(C)c(=O)n(C)c2)c2ccc(Cl)cc2)nc(Br)n1Cc1ccc(OC)cc1. The largest absolute Gasteiger partial charge is 0.497 e. The molecule has 4 rings (SSSR count). The summed E-state index contributed by atoms with van der Waals surface area (Å²) in [5.41, 5.74) is 4.46. The number of nitrogens with zero attached hydrogens (tertiary/aromatic N) is 3. The second-order valence-corrected chi connectivity index (χ2v) is 10.9. The number of benzene rings is 2. The van der Waals surface area contributed by atoms with E-state index in [2.05, 4.69) is 22.9 Å². The van der Waals surface area contributed by atoms with Crippen LogP contribution in [0.2, 0.25) is 5.02 Å². The fourth-order valence-electron chi connectivity index (χ4n) is 4.71. The van der Waals surface area contributed by atoms with E-state index in [4.69, 9.17) is 26.1 Å². The third-order valence-corrected chi connectivity index (χ3v) is 7.69. The Bertz CT molecular complexity index is 1500. The zero-order valence-electron chi connectivity index (χ0n) is 23.1. The molecule has 40 heavy (non-hydrogen) atoms. The first kappa shape index (κ1) is 29.6. The molecular formula is C31H33BrClN3O4. The van der Waals surface area contributed by atoms with Gasteiger partial charge in [0.2, 0.25) is 0 Å². The second kappa shape index (κ2) is 13.3. The molecule has 2 aromatic heterocycles. The predicted molar refractivity (Wildman–Crippen MR) is 161 cm³/mol. The van der Waals surface area contributed by atoms with Crippen LogP contribution in [-0.4, -0.2) is 33.8 Å². The topological polar surface area (TPSA) is 75.4 Å². The molecule has 2 heterocycles. The molecule has 1 atom stereocenters. The number of hydrogen-bond acceptors (Lipinski definition) is 5. The molecule has 0 aliphatic rings. The lowest BCUT2D eigenvalue weighted by atomic mass is 9.88. The summed E-state index contributed by atoms with van der Waals surface area (Å²) >= 11 is 9.85. The molecule has 0 amide bonds. The number of aromatic nitrogens is 3. The lowest BCUT2D eigenvalue weighted by Crippen LogP contribution is -2.21. The van der Waals surface area contributed by atoms with Crippen LogP contribution in [-0.2, 0) is 24.8 Å². The molecule has 2 aromatic carbocycles. The summed E-state index contributed by atoms with van der Waals surface area (Å²) in [7, 11) is 3.37. The fourth-order valence-corrected chi connectivity index (χ4v) is 5.33. The van der Waals surface area contributed by atoms with Crippen molar-refractivity contribution in [2.24, 2.45) is 7.05 Å². The molecule has 0 aliphatic carbocycles. The van der Waals surface area contributed by atoms with Gasteiger partial charge < -0.3 is 18.6 Å². The Morgan fingerprint density at radius 3 is 2.42 bits per heavy atom. The van der Waals surface area contributed by atoms with Gasteiger partial charge >= 0.3 is 5.97 Å². The first-order valence-electron chi connectivity index (χ1n) is 13.2. The Labute approximate surface area is 247 Å². The van der Waals surface area contributed by atoms with Crippen molar-refractivity contribution in [1.29, 1.82) is 0 Å². The molecule has 0 saturated carbocycles. The highest BCUT2D eigenvalue weighted by atomic mass is 79.9. The van der Waals surface area contributed by atoms with Crippen molar-refractivity contribution in [3.8, 4) is 5.75 Å². The van der Waals surface area contributed by atoms with E-state index >= 15 is 0 Å². The van der Waals surface area contributed by atoms with Crippen molar-refractivity contribution in [2.75, 3.05) is 13.7 Å². The minimum absolute atomic E-state index is 0.0431. The van der Waals surface area contributed by atoms with Crippen molar-refractivity contribution >= 4 is 33.5 Å². The summed E-state index contributed by atoms with van der Waals surface area (Å²) in [5, 5.41) is 0.617. The Morgan fingerprint density at radius 2 is 1.80 bits per heavy atom. The third kappa shape index (κ3) is 6.85. The van der Waals surface area contributed by atoms with Crippen molar-refractivity contribution in [1.82, 2.24) is 14.1 Å². The molecule has 0 bridgehead atoms. The molecule has 7 nitrogen and oxygen atoms in total. The number of unbranched alkanes of at least 4 members (excludes halogenated alkanes) is 1. The number of halogens is 2. The molecule has 1 unspecified atom stereocenters. The molecule has 9 heteroatoms. The number of carbonyl (C=O) groups excluding carboxylic acids is 1. The number of imidazole rings is 1. The van der Waals surface area contributed by atoms with Gasteiger partial charge in [0.25, 0.3) is 5.56 Å². The number of aryl methyl sites for hydroxylation is 2. The molecule has 0 radical (unpaired) electrons. The minimum atomic E-state index is -0.425. The van der Waals surface area contributed by atoms with Crippen LogP contribution in [0, 0.1) is 6.92 Å². The van der Waals surface area contributed by atoms with Crippen LogP contribution in [0.3, 0.4) is 0 Å². The Hall–Kier alpha value is -3.36. The molecule has 0 spiro atoms. The van der Waals surface area contributed by atoms with Crippen LogP contribution < -0.4 is 10.3 Å². The molecule has 0 saturated heterocycles. The zero-order valence-corrected chi connectivity index (χ0v) is 25.5. The van der Waals surface area contributed by atoms with Gasteiger partial charge in [-0.15, -0.1) is 0 Å². The Balaban J connectivity index is 1.85. The van der Waals surface area contributed by atoms with Gasteiger partial charge in [-0.2, -0.15) is 0 Å². The average Bonchev–Trinajstić information content (AvgIpc) is 3.26. The van der Waals surface area contributed by atoms with Crippen LogP contribution in [0.25, 0.3) is 0 Å². The van der Waals surface area contributed by atoms with Gasteiger partial charge in [-0.25, -0.2) is 9.78 Å². The number of hydrogen-bond donors (Lipinski definition) is 0. The highest BCUT2D eigenvalue weighted by Crippen LogP contribution is 2.34. The van der Waals surface area contributed by atoms with Gasteiger partial charge in [-0.05, 0) is 82.7 Å². The van der Waals surface area contributed by atoms with Gasteiger partial charge in [-0.3, -0.25) is 4.79 Å². The van der Waals surface area contributed by atoms with Crippen molar-refractivity contribution < 1.29 is 14.3 Å². The highest BCUT2D eigenvalue weighted by Gasteiger charge is 2.30. The summed E-state index contributed by atoms with van der Waals surface area (Å²) in [5.74, 6) is 0.0192. The van der Waals surface area contributed by atoms with E-state index in [9.17, 15) is 9.59 Å². The van der Waals surface area contributed by atoms with E-state index < -0.39 is 5.97 Å². The van der Waals surface area contributed by atoms with Gasteiger partial charge in [0.15, 0.2) is 10.4 Å². The molecular weight excluding hydrogens is 594 g/mol. The number of methoxy groups -OCH3 is 1. The van der Waals surface area contributed by atoms with E-state index in [0.29, 0.717) is 46.3 Å². The number of ether oxygens (including phenoxy) is 2. The first-order chi connectivity index (χ1) is 19.2. The van der Waals surface area contributed by atoms with E-state index in [-0.39, 0.29) is 11.5 Å². The van der Waals surface area contributed by atoms with Crippen molar-refractivity contribution in [3.05, 3.63) is 115 Å². The summed E-state index contributed by atoms with van der Waals surface area (Å²) in [6, 6.07) is 17.2. The van der Waals surface area contributed by atoms with Crippen molar-refractivity contribution in [2.45, 2.75) is 45.6 Å². The van der Waals surface area contributed by atoms with E-state index in [1.54, 1.807) is 25.6 Å². The zero-order chi connectivity index (χ0) is 28.8. The molecule has 4 aromatic rings. The molecule has 0 N–H and O–H groups in total. The Kier molecular flexibility index (Phi) is 9.87. The number of carbonyl (C=O) groups is 1. The molecule has 210 valence electrons. The molecule has 0 aliphatic heterocycles. The first-order valence-corrected chi connectivity index (χ1v) is 14.4. The van der Waals surface area contributed by atoms with E-state index in [1.807, 2.05) is 65.4 Å². The third-order valence-electron chi connectivity index (χ3n) is 6.83. The average molecular weight is 627 g/mol. The standard InChI is InChI=1S/C31H33BrClN3O4/c1-5-6-15-40-30(38)28-27(34-31(32)36(28)19-21-7-13-25(39-4)14-8-21)26(23-9-11-24(33)12-10-23)17-22-16-20(2)29(37)35(3)18-22/h7-14,16,18,26H,5-6,15,17,19H2,1-4H3. The van der Waals surface area contributed by atoms with Crippen LogP contribution in [0.5, 0.6) is 5.75 Å². The highest BCUT2D eigenvalue weighted by molar-refractivity contribution is 9.10. The number of rotatable bonds is 11. The van der Waals surface area contributed by atoms with Crippen LogP contribution in [0.15, 0.2) is 70.3 Å². The van der Waals surface area contributed by atoms with Gasteiger partial charge in [0.05, 0.1) is 26.0 Å². The summed E-state index contributed by atoms with van der Waals surface area (Å²) in [6.45, 7) is 4.59. The van der Waals surface area contributed by atoms with Crippen LogP contribution in [0.1, 0.15) is 64.1 Å². The fraction of sp³-hybridized carbons (Fsp3) is 0.323. The lowest BCUT2D eigenvalue weighted by Gasteiger charge is -2.19. The second-order valence-electron chi connectivity index (χ2n) is 9.79. The predicted octanol–water partition coefficient (Wildman–Crippen LogP) is 6.69. The van der Waals surface area contributed by atoms with E-state index in [0.717, 1.165) is 35.3 Å². The van der Waals surface area contributed by atoms with Gasteiger partial charge in [0, 0.05) is 29.7 Å². The monoisotopic (exact) mass is 625 g/mol. The maximum Gasteiger partial charge on any atom is 0.356 e. The minimum Gasteiger partial charge on any atom is -0.497 e. The lowest BCUT2D eigenvalue weighted by molar-refractivity contribution is 0.0485.